The van der Waals surface area contributed by atoms with Gasteiger partial charge in [0.2, 0.25) is 6.29 Å². The third-order valence-corrected chi connectivity index (χ3v) is 6.77. The van der Waals surface area contributed by atoms with Crippen LogP contribution < -0.4 is 9.47 Å². The number of carbonyl (C=O) groups excluding carboxylic acids is 3. The number of rotatable bonds is 20. The zero-order valence-electron chi connectivity index (χ0n) is 25.5. The third kappa shape index (κ3) is 12.8. The van der Waals surface area contributed by atoms with Crippen LogP contribution in [0.2, 0.25) is 0 Å². The Bertz CT molecular complexity index is 1080. The molecule has 1 heterocycles. The molecule has 1 aromatic rings. The molecule has 1 fully saturated rings. The largest absolute Gasteiger partial charge is 0.493 e. The number of methoxy groups -OCH3 is 1. The zero-order chi connectivity index (χ0) is 31.6. The van der Waals surface area contributed by atoms with Crippen molar-refractivity contribution in [3.8, 4) is 11.5 Å². The highest BCUT2D eigenvalue weighted by atomic mass is 16.7. The number of carbonyl (C=O) groups is 3. The molecule has 0 aromatic heterocycles. The molecule has 0 bridgehead atoms. The lowest BCUT2D eigenvalue weighted by Gasteiger charge is -2.43. The topological polar surface area (TPSA) is 174 Å². The number of azide groups is 1. The molecule has 2 rings (SSSR count). The van der Waals surface area contributed by atoms with Crippen LogP contribution in [0.25, 0.3) is 10.4 Å². The second kappa shape index (κ2) is 19.7. The van der Waals surface area contributed by atoms with Crippen molar-refractivity contribution in [3.63, 3.8) is 0 Å². The van der Waals surface area contributed by atoms with Crippen LogP contribution in [0.5, 0.6) is 11.5 Å². The quantitative estimate of drug-likeness (QED) is 0.0524. The summed E-state index contributed by atoms with van der Waals surface area (Å²) in [6.45, 7) is 9.02. The highest BCUT2D eigenvalue weighted by molar-refractivity contribution is 5.96. The maximum absolute atomic E-state index is 12.8. The van der Waals surface area contributed by atoms with Crippen LogP contribution in [0, 0.1) is 11.8 Å². The summed E-state index contributed by atoms with van der Waals surface area (Å²) in [5, 5.41) is 3.37. The predicted molar refractivity (Wildman–Crippen MR) is 153 cm³/mol. The minimum atomic E-state index is -0.754. The van der Waals surface area contributed by atoms with E-state index in [-0.39, 0.29) is 30.8 Å². The van der Waals surface area contributed by atoms with Gasteiger partial charge in [0.05, 0.1) is 40.1 Å². The lowest BCUT2D eigenvalue weighted by atomic mass is 9.84. The molecule has 1 aliphatic rings. The molecule has 1 saturated heterocycles. The van der Waals surface area contributed by atoms with Crippen LogP contribution in [0.4, 0.5) is 0 Å². The van der Waals surface area contributed by atoms with Gasteiger partial charge < -0.3 is 37.9 Å². The van der Waals surface area contributed by atoms with Crippen LogP contribution in [-0.2, 0) is 38.0 Å². The van der Waals surface area contributed by atoms with Gasteiger partial charge in [0.15, 0.2) is 17.3 Å². The van der Waals surface area contributed by atoms with Gasteiger partial charge in [-0.2, -0.15) is 0 Å². The molecule has 5 atom stereocenters. The Labute approximate surface area is 251 Å². The Hall–Kier alpha value is -3.42. The highest BCUT2D eigenvalue weighted by Crippen LogP contribution is 2.37. The monoisotopic (exact) mass is 609 g/mol. The van der Waals surface area contributed by atoms with Crippen molar-refractivity contribution in [2.45, 2.75) is 59.0 Å². The fraction of sp³-hybridized carbons (Fsp3) is 0.690. The average Bonchev–Trinajstić information content (AvgIpc) is 2.98. The van der Waals surface area contributed by atoms with E-state index >= 15 is 0 Å². The summed E-state index contributed by atoms with van der Waals surface area (Å²) in [5.74, 6) is -0.620. The average molecular weight is 610 g/mol. The normalized spacial score (nSPS) is 21.4. The lowest BCUT2D eigenvalue weighted by Crippen LogP contribution is -2.54. The summed E-state index contributed by atoms with van der Waals surface area (Å²) in [6, 6.07) is 4.94. The molecule has 0 radical (unpaired) electrons. The number of ketones is 1. The maximum atomic E-state index is 12.8. The van der Waals surface area contributed by atoms with Gasteiger partial charge in [-0.1, -0.05) is 19.0 Å². The molecule has 1 aliphatic heterocycles. The Morgan fingerprint density at radius 3 is 2.23 bits per heavy atom. The van der Waals surface area contributed by atoms with E-state index in [1.54, 1.807) is 18.2 Å². The van der Waals surface area contributed by atoms with E-state index in [0.29, 0.717) is 69.5 Å². The summed E-state index contributed by atoms with van der Waals surface area (Å²) >= 11 is 0. The zero-order valence-corrected chi connectivity index (χ0v) is 25.5. The molecule has 0 N–H and O–H groups in total. The second-order valence-electron chi connectivity index (χ2n) is 9.94. The van der Waals surface area contributed by atoms with Crippen molar-refractivity contribution in [3.05, 3.63) is 34.2 Å². The summed E-state index contributed by atoms with van der Waals surface area (Å²) in [6.07, 6.45) is -1.26. The molecule has 0 spiro atoms. The van der Waals surface area contributed by atoms with Crippen molar-refractivity contribution >= 4 is 17.7 Å². The Balaban J connectivity index is 1.83. The summed E-state index contributed by atoms with van der Waals surface area (Å²) in [4.78, 5) is 38.5. The minimum absolute atomic E-state index is 0.0656. The van der Waals surface area contributed by atoms with Gasteiger partial charge in [0, 0.05) is 55.7 Å². The Morgan fingerprint density at radius 1 is 0.930 bits per heavy atom. The predicted octanol–water partition coefficient (Wildman–Crippen LogP) is 3.89. The van der Waals surface area contributed by atoms with Crippen molar-refractivity contribution < 1.29 is 52.3 Å². The molecule has 14 heteroatoms. The first kappa shape index (κ1) is 35.8. The number of hydrogen-bond donors (Lipinski definition) is 0. The van der Waals surface area contributed by atoms with Gasteiger partial charge in [-0.15, -0.1) is 0 Å². The Kier molecular flexibility index (Phi) is 16.4. The van der Waals surface area contributed by atoms with E-state index in [2.05, 4.69) is 10.0 Å². The number of ether oxygens (including phenoxy) is 8. The number of Topliss-reactive ketones (excluding diaryl/α,β-unsaturated/α-hetero) is 1. The molecule has 0 aliphatic carbocycles. The lowest BCUT2D eigenvalue weighted by molar-refractivity contribution is -0.248. The number of hydrogen-bond acceptors (Lipinski definition) is 12. The minimum Gasteiger partial charge on any atom is -0.493 e. The molecule has 0 amide bonds. The van der Waals surface area contributed by atoms with Crippen molar-refractivity contribution in [2.24, 2.45) is 17.0 Å². The van der Waals surface area contributed by atoms with Gasteiger partial charge >= 0.3 is 11.9 Å². The van der Waals surface area contributed by atoms with Crippen LogP contribution in [-0.4, -0.2) is 96.1 Å². The number of esters is 2. The first-order valence-electron chi connectivity index (χ1n) is 14.3. The van der Waals surface area contributed by atoms with Gasteiger partial charge in [0.1, 0.15) is 18.8 Å². The maximum Gasteiger partial charge on any atom is 0.303 e. The molecule has 0 unspecified atom stereocenters. The van der Waals surface area contributed by atoms with Gasteiger partial charge in [-0.05, 0) is 30.2 Å². The fourth-order valence-electron chi connectivity index (χ4n) is 4.34. The van der Waals surface area contributed by atoms with Gasteiger partial charge in [-0.3, -0.25) is 14.4 Å². The van der Waals surface area contributed by atoms with E-state index in [1.165, 1.54) is 21.0 Å². The van der Waals surface area contributed by atoms with Crippen LogP contribution >= 0.6 is 0 Å². The molecular formula is C29H43N3O11. The molecule has 1 aromatic carbocycles. The van der Waals surface area contributed by atoms with E-state index in [1.807, 2.05) is 13.8 Å². The number of nitrogens with zero attached hydrogens (tertiary/aromatic N) is 3. The van der Waals surface area contributed by atoms with E-state index < -0.39 is 30.4 Å². The molecule has 0 saturated carbocycles. The Morgan fingerprint density at radius 2 is 1.60 bits per heavy atom. The van der Waals surface area contributed by atoms with Gasteiger partial charge in [-0.25, -0.2) is 0 Å². The van der Waals surface area contributed by atoms with E-state index in [4.69, 9.17) is 43.4 Å². The molecule has 14 nitrogen and oxygen atoms in total. The molecule has 240 valence electrons. The smallest absolute Gasteiger partial charge is 0.303 e. The first-order chi connectivity index (χ1) is 20.7. The molecule has 43 heavy (non-hydrogen) atoms. The van der Waals surface area contributed by atoms with Crippen LogP contribution in [0.1, 0.15) is 50.9 Å². The fourth-order valence-corrected chi connectivity index (χ4v) is 4.34. The van der Waals surface area contributed by atoms with Crippen molar-refractivity contribution in [1.29, 1.82) is 0 Å². The van der Waals surface area contributed by atoms with Crippen LogP contribution in [0.3, 0.4) is 0 Å². The first-order valence-corrected chi connectivity index (χ1v) is 14.3. The van der Waals surface area contributed by atoms with Crippen molar-refractivity contribution in [2.75, 3.05) is 59.9 Å². The van der Waals surface area contributed by atoms with E-state index in [0.717, 1.165) is 0 Å². The van der Waals surface area contributed by atoms with Crippen LogP contribution in [0.15, 0.2) is 23.3 Å². The van der Waals surface area contributed by atoms with Crippen molar-refractivity contribution in [1.82, 2.24) is 0 Å². The second-order valence-corrected chi connectivity index (χ2v) is 9.94. The third-order valence-electron chi connectivity index (χ3n) is 6.77. The summed E-state index contributed by atoms with van der Waals surface area (Å²) in [7, 11) is 1.48. The highest BCUT2D eigenvalue weighted by Gasteiger charge is 2.45. The summed E-state index contributed by atoms with van der Waals surface area (Å²) < 4.78 is 44.6. The number of benzene rings is 1. The standard InChI is InChI=1S/C29H43N3O11/c1-19-20(2)29(43-27(18-40-21(3)33)28(19)41-22(4)34)42-25-9-8-23(17-26(25)36-5)24(35)7-6-11-37-13-15-39-16-14-38-12-10-31-32-30/h8-9,17,19-20,27-29H,6-7,10-16,18H2,1-5H3/t19-,20-,27-,28-,29+/m1/s1. The van der Waals surface area contributed by atoms with Gasteiger partial charge in [0.25, 0.3) is 0 Å². The molecular weight excluding hydrogens is 566 g/mol. The van der Waals surface area contributed by atoms with E-state index in [9.17, 15) is 14.4 Å². The SMILES string of the molecule is COc1cc(C(=O)CCCOCCOCCOCCN=[N+]=[N-])ccc1O[C@H]1O[C@H](COC(C)=O)[C@H](OC(C)=O)[C@H](C)[C@H]1C. The summed E-state index contributed by atoms with van der Waals surface area (Å²) in [5.41, 5.74) is 8.65.